The Hall–Kier alpha value is 0.180. The average molecular weight is 289 g/mol. The van der Waals surface area contributed by atoms with Crippen molar-refractivity contribution in [1.29, 1.82) is 0 Å². The monoisotopic (exact) mass is 288 g/mol. The topological polar surface area (TPSA) is 0 Å². The van der Waals surface area contributed by atoms with Crippen molar-refractivity contribution in [3.8, 4) is 0 Å². The number of hydrogen-bond acceptors (Lipinski definition) is 1. The fourth-order valence-electron chi connectivity index (χ4n) is 1.72. The van der Waals surface area contributed by atoms with Gasteiger partial charge in [0.2, 0.25) is 0 Å². The average Bonchev–Trinajstić information content (AvgIpc) is 2.76. The minimum atomic E-state index is 0.587. The molecular formula is C13H21BrS. The van der Waals surface area contributed by atoms with Gasteiger partial charge in [0.05, 0.1) is 0 Å². The minimum absolute atomic E-state index is 0.587. The molecule has 0 N–H and O–H groups in total. The molecule has 0 radical (unpaired) electrons. The molecule has 1 heterocycles. The number of alkyl halides is 1. The van der Waals surface area contributed by atoms with E-state index in [9.17, 15) is 0 Å². The second-order valence-corrected chi connectivity index (χ2v) is 6.12. The quantitative estimate of drug-likeness (QED) is 0.410. The summed E-state index contributed by atoms with van der Waals surface area (Å²) in [5, 5.41) is 2.16. The highest BCUT2D eigenvalue weighted by Crippen LogP contribution is 2.31. The third-order valence-electron chi connectivity index (χ3n) is 2.66. The Morgan fingerprint density at radius 2 is 1.93 bits per heavy atom. The third-order valence-corrected chi connectivity index (χ3v) is 4.90. The molecule has 0 bridgehead atoms. The predicted molar refractivity (Wildman–Crippen MR) is 74.0 cm³/mol. The molecule has 1 rings (SSSR count). The maximum absolute atomic E-state index is 3.76. The van der Waals surface area contributed by atoms with Crippen molar-refractivity contribution >= 4 is 27.3 Å². The highest BCUT2D eigenvalue weighted by molar-refractivity contribution is 9.09. The van der Waals surface area contributed by atoms with Gasteiger partial charge in [0.25, 0.3) is 0 Å². The van der Waals surface area contributed by atoms with E-state index in [0.29, 0.717) is 4.83 Å². The van der Waals surface area contributed by atoms with Gasteiger partial charge in [-0.2, -0.15) is 0 Å². The molecule has 0 aliphatic rings. The van der Waals surface area contributed by atoms with Gasteiger partial charge in [0.15, 0.2) is 0 Å². The molecule has 2 heteroatoms. The van der Waals surface area contributed by atoms with Gasteiger partial charge in [-0.15, -0.1) is 11.3 Å². The summed E-state index contributed by atoms with van der Waals surface area (Å²) >= 11 is 5.61. The van der Waals surface area contributed by atoms with Crippen LogP contribution in [0.4, 0.5) is 0 Å². The molecule has 0 aliphatic heterocycles. The fourth-order valence-corrected chi connectivity index (χ4v) is 3.25. The van der Waals surface area contributed by atoms with Crippen LogP contribution >= 0.6 is 27.3 Å². The van der Waals surface area contributed by atoms with Crippen LogP contribution < -0.4 is 0 Å². The minimum Gasteiger partial charge on any atom is -0.148 e. The Bertz CT molecular complexity index is 231. The van der Waals surface area contributed by atoms with Crippen molar-refractivity contribution in [3.05, 3.63) is 22.4 Å². The Kier molecular flexibility index (Phi) is 7.37. The predicted octanol–water partition coefficient (Wildman–Crippen LogP) is 5.93. The van der Waals surface area contributed by atoms with Gasteiger partial charge in [-0.25, -0.2) is 0 Å². The first-order valence-electron chi connectivity index (χ1n) is 6.02. The molecule has 0 spiro atoms. The Labute approximate surface area is 106 Å². The van der Waals surface area contributed by atoms with Crippen LogP contribution in [0.5, 0.6) is 0 Å². The van der Waals surface area contributed by atoms with E-state index in [1.807, 2.05) is 11.3 Å². The molecule has 0 aliphatic carbocycles. The van der Waals surface area contributed by atoms with Crippen LogP contribution in [-0.4, -0.2) is 0 Å². The summed E-state index contributed by atoms with van der Waals surface area (Å²) in [4.78, 5) is 2.06. The summed E-state index contributed by atoms with van der Waals surface area (Å²) in [7, 11) is 0. The van der Waals surface area contributed by atoms with Crippen molar-refractivity contribution in [1.82, 2.24) is 0 Å². The Morgan fingerprint density at radius 1 is 1.20 bits per heavy atom. The van der Waals surface area contributed by atoms with Crippen molar-refractivity contribution in [3.63, 3.8) is 0 Å². The van der Waals surface area contributed by atoms with Crippen molar-refractivity contribution in [2.45, 2.75) is 56.7 Å². The van der Waals surface area contributed by atoms with Gasteiger partial charge < -0.3 is 0 Å². The molecule has 0 fully saturated rings. The first-order chi connectivity index (χ1) is 7.34. The van der Waals surface area contributed by atoms with E-state index in [-0.39, 0.29) is 0 Å². The molecule has 1 aromatic heterocycles. The van der Waals surface area contributed by atoms with E-state index in [2.05, 4.69) is 40.4 Å². The fraction of sp³-hybridized carbons (Fsp3) is 0.692. The number of rotatable bonds is 8. The Morgan fingerprint density at radius 3 is 2.60 bits per heavy atom. The first kappa shape index (κ1) is 13.2. The number of unbranched alkanes of at least 4 members (excludes halogenated alkanes) is 5. The lowest BCUT2D eigenvalue weighted by Gasteiger charge is -2.06. The number of thiophene rings is 1. The molecule has 1 aromatic rings. The molecule has 1 unspecified atom stereocenters. The molecule has 0 nitrogen and oxygen atoms in total. The summed E-state index contributed by atoms with van der Waals surface area (Å²) in [6, 6.07) is 4.36. The smallest absolute Gasteiger partial charge is 0.0489 e. The molecule has 0 amide bonds. The van der Waals surface area contributed by atoms with E-state index in [1.165, 1.54) is 49.8 Å². The van der Waals surface area contributed by atoms with Gasteiger partial charge in [-0.3, -0.25) is 0 Å². The maximum atomic E-state index is 3.76. The van der Waals surface area contributed by atoms with Gasteiger partial charge in [0, 0.05) is 9.70 Å². The summed E-state index contributed by atoms with van der Waals surface area (Å²) in [6.07, 6.45) is 9.62. The molecule has 0 aromatic carbocycles. The molecule has 0 saturated carbocycles. The van der Waals surface area contributed by atoms with Crippen LogP contribution in [0.25, 0.3) is 0 Å². The Balaban J connectivity index is 2.00. The first-order valence-corrected chi connectivity index (χ1v) is 7.81. The zero-order valence-corrected chi connectivity index (χ0v) is 11.9. The normalized spacial score (nSPS) is 12.9. The maximum Gasteiger partial charge on any atom is 0.0489 e. The van der Waals surface area contributed by atoms with E-state index in [4.69, 9.17) is 0 Å². The standard InChI is InChI=1S/C13H21BrS/c1-2-3-4-5-6-7-9-12(14)13-10-8-11-15-13/h8,10-12H,2-7,9H2,1H3. The number of halogens is 1. The summed E-state index contributed by atoms with van der Waals surface area (Å²) < 4.78 is 0. The third kappa shape index (κ3) is 5.72. The van der Waals surface area contributed by atoms with Crippen LogP contribution in [0.15, 0.2) is 17.5 Å². The molecular weight excluding hydrogens is 268 g/mol. The van der Waals surface area contributed by atoms with Gasteiger partial charge in [-0.05, 0) is 17.9 Å². The van der Waals surface area contributed by atoms with Crippen LogP contribution in [0.2, 0.25) is 0 Å². The zero-order chi connectivity index (χ0) is 10.9. The molecule has 86 valence electrons. The summed E-state index contributed by atoms with van der Waals surface area (Å²) in [6.45, 7) is 2.27. The number of hydrogen-bond donors (Lipinski definition) is 0. The second-order valence-electron chi connectivity index (χ2n) is 4.04. The van der Waals surface area contributed by atoms with Gasteiger partial charge in [0.1, 0.15) is 0 Å². The molecule has 0 saturated heterocycles. The second kappa shape index (κ2) is 8.35. The van der Waals surface area contributed by atoms with Crippen molar-refractivity contribution in [2.75, 3.05) is 0 Å². The SMILES string of the molecule is CCCCCCCCC(Br)c1cccs1. The van der Waals surface area contributed by atoms with Crippen LogP contribution in [0, 0.1) is 0 Å². The van der Waals surface area contributed by atoms with E-state index in [1.54, 1.807) is 0 Å². The van der Waals surface area contributed by atoms with E-state index in [0.717, 1.165) is 0 Å². The van der Waals surface area contributed by atoms with E-state index < -0.39 is 0 Å². The van der Waals surface area contributed by atoms with Gasteiger partial charge in [-0.1, -0.05) is 67.4 Å². The molecule has 1 atom stereocenters. The largest absolute Gasteiger partial charge is 0.148 e. The van der Waals surface area contributed by atoms with Crippen LogP contribution in [0.1, 0.15) is 61.6 Å². The van der Waals surface area contributed by atoms with Crippen molar-refractivity contribution < 1.29 is 0 Å². The highest BCUT2D eigenvalue weighted by atomic mass is 79.9. The lowest BCUT2D eigenvalue weighted by atomic mass is 10.1. The lowest BCUT2D eigenvalue weighted by Crippen LogP contribution is -1.86. The van der Waals surface area contributed by atoms with Crippen molar-refractivity contribution in [2.24, 2.45) is 0 Å². The van der Waals surface area contributed by atoms with Crippen LogP contribution in [-0.2, 0) is 0 Å². The summed E-state index contributed by atoms with van der Waals surface area (Å²) in [5.41, 5.74) is 0. The molecule has 15 heavy (non-hydrogen) atoms. The lowest BCUT2D eigenvalue weighted by molar-refractivity contribution is 0.589. The van der Waals surface area contributed by atoms with E-state index >= 15 is 0 Å². The summed E-state index contributed by atoms with van der Waals surface area (Å²) in [5.74, 6) is 0. The highest BCUT2D eigenvalue weighted by Gasteiger charge is 2.07. The van der Waals surface area contributed by atoms with Gasteiger partial charge >= 0.3 is 0 Å². The zero-order valence-electron chi connectivity index (χ0n) is 9.55. The van der Waals surface area contributed by atoms with Crippen LogP contribution in [0.3, 0.4) is 0 Å².